The Morgan fingerprint density at radius 3 is 0.913 bits per heavy atom. The second-order valence-electron chi connectivity index (χ2n) is 18.9. The lowest BCUT2D eigenvalue weighted by molar-refractivity contribution is 0.0889. The SMILES string of the molecule is CCCCCCC1CCC(CCC2CCC(C3CCCC(C4CCC(CCC5CCC(CCCCCC)CC5)CC4)C3)CC2)CC1. The summed E-state index contributed by atoms with van der Waals surface area (Å²) < 4.78 is 0. The van der Waals surface area contributed by atoms with E-state index in [1.165, 1.54) is 51.4 Å². The average Bonchev–Trinajstić information content (AvgIpc) is 3.12. The molecule has 0 aromatic heterocycles. The van der Waals surface area contributed by atoms with E-state index in [4.69, 9.17) is 0 Å². The zero-order valence-electron chi connectivity index (χ0n) is 31.8. The van der Waals surface area contributed by atoms with E-state index < -0.39 is 0 Å². The van der Waals surface area contributed by atoms with Crippen molar-refractivity contribution < 1.29 is 0 Å². The van der Waals surface area contributed by atoms with Crippen molar-refractivity contribution in [3.8, 4) is 0 Å². The molecule has 5 saturated carbocycles. The highest BCUT2D eigenvalue weighted by atomic mass is 14.4. The van der Waals surface area contributed by atoms with Crippen molar-refractivity contribution >= 4 is 0 Å². The Morgan fingerprint density at radius 1 is 0.283 bits per heavy atom. The van der Waals surface area contributed by atoms with Crippen molar-refractivity contribution in [2.45, 2.75) is 232 Å². The first kappa shape index (κ1) is 37.3. The van der Waals surface area contributed by atoms with Crippen LogP contribution in [-0.2, 0) is 0 Å². The number of hydrogen-bond donors (Lipinski definition) is 0. The van der Waals surface area contributed by atoms with Crippen LogP contribution in [0.3, 0.4) is 0 Å². The first-order valence-corrected chi connectivity index (χ1v) is 22.7. The van der Waals surface area contributed by atoms with Gasteiger partial charge in [-0.3, -0.25) is 0 Å². The van der Waals surface area contributed by atoms with Crippen LogP contribution in [0.15, 0.2) is 0 Å². The van der Waals surface area contributed by atoms with Gasteiger partial charge >= 0.3 is 0 Å². The van der Waals surface area contributed by atoms with E-state index in [2.05, 4.69) is 13.8 Å². The summed E-state index contributed by atoms with van der Waals surface area (Å²) in [6.07, 6.45) is 52.7. The molecule has 0 aliphatic heterocycles. The second-order valence-corrected chi connectivity index (χ2v) is 18.9. The molecule has 2 unspecified atom stereocenters. The maximum Gasteiger partial charge on any atom is -0.0383 e. The van der Waals surface area contributed by atoms with Crippen molar-refractivity contribution in [1.82, 2.24) is 0 Å². The molecule has 0 heteroatoms. The third-order valence-corrected chi connectivity index (χ3v) is 15.7. The molecule has 0 bridgehead atoms. The fourth-order valence-corrected chi connectivity index (χ4v) is 12.3. The summed E-state index contributed by atoms with van der Waals surface area (Å²) in [6, 6.07) is 0. The first-order chi connectivity index (χ1) is 22.7. The van der Waals surface area contributed by atoms with E-state index in [-0.39, 0.29) is 0 Å². The lowest BCUT2D eigenvalue weighted by Crippen LogP contribution is -2.31. The Kier molecular flexibility index (Phi) is 17.2. The van der Waals surface area contributed by atoms with Gasteiger partial charge in [-0.2, -0.15) is 0 Å². The third kappa shape index (κ3) is 12.7. The highest BCUT2D eigenvalue weighted by molar-refractivity contribution is 4.87. The fraction of sp³-hybridized carbons (Fsp3) is 1.00. The molecule has 0 aromatic carbocycles. The molecule has 5 rings (SSSR count). The van der Waals surface area contributed by atoms with E-state index in [9.17, 15) is 0 Å². The van der Waals surface area contributed by atoms with Gasteiger partial charge in [-0.1, -0.05) is 200 Å². The molecule has 0 saturated heterocycles. The van der Waals surface area contributed by atoms with E-state index in [0.29, 0.717) is 0 Å². The summed E-state index contributed by atoms with van der Waals surface area (Å²) in [5.74, 6) is 10.9. The molecule has 2 atom stereocenters. The predicted octanol–water partition coefficient (Wildman–Crippen LogP) is 15.5. The van der Waals surface area contributed by atoms with Crippen LogP contribution in [0.1, 0.15) is 232 Å². The van der Waals surface area contributed by atoms with Gasteiger partial charge in [-0.05, 0) is 91.3 Å². The summed E-state index contributed by atoms with van der Waals surface area (Å²) in [7, 11) is 0. The Hall–Kier alpha value is 0. The summed E-state index contributed by atoms with van der Waals surface area (Å²) in [5, 5.41) is 0. The van der Waals surface area contributed by atoms with Gasteiger partial charge in [0.2, 0.25) is 0 Å². The van der Waals surface area contributed by atoms with Crippen molar-refractivity contribution in [3.63, 3.8) is 0 Å². The molecule has 5 aliphatic rings. The highest BCUT2D eigenvalue weighted by Crippen LogP contribution is 2.48. The van der Waals surface area contributed by atoms with Crippen LogP contribution in [0.4, 0.5) is 0 Å². The van der Waals surface area contributed by atoms with E-state index >= 15 is 0 Å². The zero-order chi connectivity index (χ0) is 31.8. The van der Waals surface area contributed by atoms with Gasteiger partial charge in [-0.15, -0.1) is 0 Å². The highest BCUT2D eigenvalue weighted by Gasteiger charge is 2.36. The molecule has 5 aliphatic carbocycles. The van der Waals surface area contributed by atoms with E-state index in [0.717, 1.165) is 59.2 Å². The fourth-order valence-electron chi connectivity index (χ4n) is 12.3. The Morgan fingerprint density at radius 2 is 0.587 bits per heavy atom. The third-order valence-electron chi connectivity index (χ3n) is 15.7. The molecular formula is C46H84. The van der Waals surface area contributed by atoms with Gasteiger partial charge in [0.25, 0.3) is 0 Å². The normalized spacial score (nSPS) is 37.7. The number of rotatable bonds is 18. The molecule has 0 aromatic rings. The van der Waals surface area contributed by atoms with Gasteiger partial charge < -0.3 is 0 Å². The van der Waals surface area contributed by atoms with Gasteiger partial charge in [0.05, 0.1) is 0 Å². The number of hydrogen-bond acceptors (Lipinski definition) is 0. The lowest BCUT2D eigenvalue weighted by atomic mass is 9.63. The van der Waals surface area contributed by atoms with Crippen LogP contribution in [0.25, 0.3) is 0 Å². The van der Waals surface area contributed by atoms with Crippen LogP contribution in [-0.4, -0.2) is 0 Å². The molecule has 0 amide bonds. The maximum absolute atomic E-state index is 2.34. The first-order valence-electron chi connectivity index (χ1n) is 22.7. The number of unbranched alkanes of at least 4 members (excludes halogenated alkanes) is 6. The average molecular weight is 637 g/mol. The maximum atomic E-state index is 2.34. The van der Waals surface area contributed by atoms with E-state index in [1.54, 1.807) is 167 Å². The Bertz CT molecular complexity index is 674. The predicted molar refractivity (Wildman–Crippen MR) is 203 cm³/mol. The van der Waals surface area contributed by atoms with Gasteiger partial charge in [0.15, 0.2) is 0 Å². The topological polar surface area (TPSA) is 0 Å². The van der Waals surface area contributed by atoms with Crippen LogP contribution in [0.2, 0.25) is 0 Å². The molecule has 0 radical (unpaired) electrons. The molecule has 5 fully saturated rings. The second kappa shape index (κ2) is 21.3. The van der Waals surface area contributed by atoms with Crippen molar-refractivity contribution in [3.05, 3.63) is 0 Å². The summed E-state index contributed by atoms with van der Waals surface area (Å²) >= 11 is 0. The van der Waals surface area contributed by atoms with Crippen molar-refractivity contribution in [2.24, 2.45) is 59.2 Å². The summed E-state index contributed by atoms with van der Waals surface area (Å²) in [5.41, 5.74) is 0. The Labute approximate surface area is 290 Å². The van der Waals surface area contributed by atoms with Gasteiger partial charge in [0.1, 0.15) is 0 Å². The largest absolute Gasteiger partial charge is 0.0654 e. The van der Waals surface area contributed by atoms with E-state index in [1.807, 2.05) is 0 Å². The van der Waals surface area contributed by atoms with Crippen LogP contribution in [0.5, 0.6) is 0 Å². The minimum atomic E-state index is 1.09. The quantitative estimate of drug-likeness (QED) is 0.131. The summed E-state index contributed by atoms with van der Waals surface area (Å²) in [4.78, 5) is 0. The van der Waals surface area contributed by atoms with Gasteiger partial charge in [-0.25, -0.2) is 0 Å². The lowest BCUT2D eigenvalue weighted by Gasteiger charge is -2.42. The summed E-state index contributed by atoms with van der Waals surface area (Å²) in [6.45, 7) is 4.69. The molecule has 268 valence electrons. The minimum Gasteiger partial charge on any atom is -0.0654 e. The van der Waals surface area contributed by atoms with Crippen LogP contribution < -0.4 is 0 Å². The Balaban J connectivity index is 0.897. The monoisotopic (exact) mass is 637 g/mol. The van der Waals surface area contributed by atoms with Crippen molar-refractivity contribution in [2.75, 3.05) is 0 Å². The molecule has 0 N–H and O–H groups in total. The molecule has 46 heavy (non-hydrogen) atoms. The molecule has 0 heterocycles. The van der Waals surface area contributed by atoms with Crippen LogP contribution in [0, 0.1) is 59.2 Å². The minimum absolute atomic E-state index is 1.09. The zero-order valence-corrected chi connectivity index (χ0v) is 31.8. The molecular weight excluding hydrogens is 553 g/mol. The van der Waals surface area contributed by atoms with Gasteiger partial charge in [0, 0.05) is 0 Å². The molecule has 0 spiro atoms. The molecule has 0 nitrogen and oxygen atoms in total. The standard InChI is InChI=1S/C46H84/c1-3-5-7-9-12-37-16-20-39(21-17-37)24-26-41-28-32-43(33-29-41)45-14-11-15-46(36-45)44-34-30-42(31-35-44)27-25-40-22-18-38(19-23-40)13-10-8-6-4-2/h37-46H,3-36H2,1-2H3. The van der Waals surface area contributed by atoms with Crippen molar-refractivity contribution in [1.29, 1.82) is 0 Å². The smallest absolute Gasteiger partial charge is 0.0383 e. The van der Waals surface area contributed by atoms with Crippen LogP contribution >= 0.6 is 0 Å².